The molecular formula is C20H24N2O4S. The molecule has 144 valence electrons. The second kappa shape index (κ2) is 7.70. The van der Waals surface area contributed by atoms with Crippen molar-refractivity contribution < 1.29 is 17.6 Å². The molecule has 2 heterocycles. The molecule has 1 fully saturated rings. The van der Waals surface area contributed by atoms with E-state index in [4.69, 9.17) is 4.42 Å². The summed E-state index contributed by atoms with van der Waals surface area (Å²) in [4.78, 5) is 14.3. The Labute approximate surface area is 160 Å². The van der Waals surface area contributed by atoms with E-state index in [1.54, 1.807) is 30.0 Å². The molecule has 7 heteroatoms. The molecule has 0 radical (unpaired) electrons. The Balaban J connectivity index is 1.65. The summed E-state index contributed by atoms with van der Waals surface area (Å²) in [5.41, 5.74) is 1.64. The highest BCUT2D eigenvalue weighted by Crippen LogP contribution is 2.22. The molecular weight excluding hydrogens is 364 g/mol. The van der Waals surface area contributed by atoms with E-state index < -0.39 is 10.0 Å². The fraction of sp³-hybridized carbons (Fsp3) is 0.350. The molecule has 1 aromatic heterocycles. The summed E-state index contributed by atoms with van der Waals surface area (Å²) in [7, 11) is -3.55. The monoisotopic (exact) mass is 388 g/mol. The van der Waals surface area contributed by atoms with Gasteiger partial charge in [-0.15, -0.1) is 0 Å². The Morgan fingerprint density at radius 2 is 1.74 bits per heavy atom. The summed E-state index contributed by atoms with van der Waals surface area (Å²) in [6.07, 6.45) is 3.10. The number of rotatable bonds is 4. The van der Waals surface area contributed by atoms with Gasteiger partial charge in [-0.25, -0.2) is 8.42 Å². The molecule has 0 bridgehead atoms. The maximum Gasteiger partial charge on any atom is 0.246 e. The lowest BCUT2D eigenvalue weighted by molar-refractivity contribution is -0.127. The maximum atomic E-state index is 12.9. The molecule has 0 saturated carbocycles. The average molecular weight is 388 g/mol. The molecule has 0 aliphatic carbocycles. The largest absolute Gasteiger partial charge is 0.462 e. The first-order valence-electron chi connectivity index (χ1n) is 8.88. The summed E-state index contributed by atoms with van der Waals surface area (Å²) in [5, 5.41) is 0. The van der Waals surface area contributed by atoms with Crippen molar-refractivity contribution >= 4 is 22.0 Å². The number of hydrogen-bond donors (Lipinski definition) is 0. The van der Waals surface area contributed by atoms with Gasteiger partial charge >= 0.3 is 0 Å². The van der Waals surface area contributed by atoms with Crippen LogP contribution in [-0.4, -0.2) is 49.7 Å². The lowest BCUT2D eigenvalue weighted by atomic mass is 10.2. The lowest BCUT2D eigenvalue weighted by Gasteiger charge is -2.33. The van der Waals surface area contributed by atoms with Crippen LogP contribution in [0, 0.1) is 20.8 Å². The van der Waals surface area contributed by atoms with Crippen molar-refractivity contribution in [2.75, 3.05) is 26.2 Å². The van der Waals surface area contributed by atoms with E-state index in [1.165, 1.54) is 10.4 Å². The van der Waals surface area contributed by atoms with Gasteiger partial charge in [0.05, 0.1) is 4.90 Å². The molecule has 1 aliphatic heterocycles. The van der Waals surface area contributed by atoms with Crippen LogP contribution < -0.4 is 0 Å². The number of sulfonamides is 1. The highest BCUT2D eigenvalue weighted by atomic mass is 32.2. The third-order valence-electron chi connectivity index (χ3n) is 4.66. The third-order valence-corrected chi connectivity index (χ3v) is 6.70. The smallest absolute Gasteiger partial charge is 0.246 e. The van der Waals surface area contributed by atoms with Crippen LogP contribution in [0.3, 0.4) is 0 Å². The fourth-order valence-electron chi connectivity index (χ4n) is 3.07. The van der Waals surface area contributed by atoms with Crippen molar-refractivity contribution in [3.63, 3.8) is 0 Å². The molecule has 3 rings (SSSR count). The topological polar surface area (TPSA) is 70.8 Å². The molecule has 0 spiro atoms. The van der Waals surface area contributed by atoms with E-state index in [1.807, 2.05) is 32.0 Å². The Morgan fingerprint density at radius 1 is 1.04 bits per heavy atom. The predicted molar refractivity (Wildman–Crippen MR) is 104 cm³/mol. The van der Waals surface area contributed by atoms with Crippen molar-refractivity contribution in [2.24, 2.45) is 0 Å². The first-order valence-corrected chi connectivity index (χ1v) is 10.3. The van der Waals surface area contributed by atoms with Gasteiger partial charge in [-0.1, -0.05) is 12.1 Å². The van der Waals surface area contributed by atoms with Crippen LogP contribution >= 0.6 is 0 Å². The van der Waals surface area contributed by atoms with Crippen molar-refractivity contribution in [3.8, 4) is 0 Å². The highest BCUT2D eigenvalue weighted by molar-refractivity contribution is 7.89. The molecule has 27 heavy (non-hydrogen) atoms. The second-order valence-electron chi connectivity index (χ2n) is 6.78. The predicted octanol–water partition coefficient (Wildman–Crippen LogP) is 2.75. The summed E-state index contributed by atoms with van der Waals surface area (Å²) in [6, 6.07) is 9.06. The van der Waals surface area contributed by atoms with Crippen LogP contribution in [-0.2, 0) is 14.8 Å². The van der Waals surface area contributed by atoms with Gasteiger partial charge in [0, 0.05) is 32.3 Å². The summed E-state index contributed by atoms with van der Waals surface area (Å²) >= 11 is 0. The van der Waals surface area contributed by atoms with Gasteiger partial charge in [-0.3, -0.25) is 4.79 Å². The van der Waals surface area contributed by atoms with E-state index in [9.17, 15) is 13.2 Å². The minimum absolute atomic E-state index is 0.146. The number of amides is 1. The molecule has 6 nitrogen and oxygen atoms in total. The van der Waals surface area contributed by atoms with Crippen molar-refractivity contribution in [1.82, 2.24) is 9.21 Å². The SMILES string of the molecule is Cc1ccc(C)c(S(=O)(=O)N2CCN(C(=O)/C=C/c3ccc(C)o3)CC2)c1. The number of furan rings is 1. The molecule has 1 aromatic carbocycles. The number of aryl methyl sites for hydroxylation is 3. The first-order chi connectivity index (χ1) is 12.8. The van der Waals surface area contributed by atoms with E-state index in [-0.39, 0.29) is 19.0 Å². The number of piperazine rings is 1. The number of carbonyl (C=O) groups is 1. The molecule has 1 amide bonds. The average Bonchev–Trinajstić information content (AvgIpc) is 3.07. The van der Waals surface area contributed by atoms with E-state index in [0.29, 0.717) is 23.7 Å². The molecule has 1 saturated heterocycles. The van der Waals surface area contributed by atoms with E-state index in [2.05, 4.69) is 0 Å². The van der Waals surface area contributed by atoms with Crippen LogP contribution in [0.4, 0.5) is 0 Å². The Bertz CT molecular complexity index is 968. The quantitative estimate of drug-likeness (QED) is 0.755. The minimum Gasteiger partial charge on any atom is -0.462 e. The Kier molecular flexibility index (Phi) is 5.53. The Morgan fingerprint density at radius 3 is 2.37 bits per heavy atom. The van der Waals surface area contributed by atoms with Gasteiger partial charge in [0.2, 0.25) is 15.9 Å². The zero-order valence-corrected chi connectivity index (χ0v) is 16.6. The fourth-order valence-corrected chi connectivity index (χ4v) is 4.81. The standard InChI is InChI=1S/C20H24N2O4S/c1-15-4-5-16(2)19(14-15)27(24,25)22-12-10-21(11-13-22)20(23)9-8-18-7-6-17(3)26-18/h4-9,14H,10-13H2,1-3H3/b9-8+. The zero-order chi connectivity index (χ0) is 19.6. The second-order valence-corrected chi connectivity index (χ2v) is 8.69. The molecule has 2 aromatic rings. The molecule has 0 N–H and O–H groups in total. The maximum absolute atomic E-state index is 12.9. The number of hydrogen-bond acceptors (Lipinski definition) is 4. The van der Waals surface area contributed by atoms with E-state index >= 15 is 0 Å². The lowest BCUT2D eigenvalue weighted by Crippen LogP contribution is -2.50. The van der Waals surface area contributed by atoms with Crippen molar-refractivity contribution in [2.45, 2.75) is 25.7 Å². The highest BCUT2D eigenvalue weighted by Gasteiger charge is 2.30. The van der Waals surface area contributed by atoms with Gasteiger partial charge in [-0.2, -0.15) is 4.31 Å². The van der Waals surface area contributed by atoms with E-state index in [0.717, 1.165) is 16.9 Å². The molecule has 1 aliphatic rings. The van der Waals surface area contributed by atoms with Crippen LogP contribution in [0.15, 0.2) is 45.7 Å². The van der Waals surface area contributed by atoms with Gasteiger partial charge in [0.25, 0.3) is 0 Å². The summed E-state index contributed by atoms with van der Waals surface area (Å²) in [5.74, 6) is 1.26. The number of nitrogens with zero attached hydrogens (tertiary/aromatic N) is 2. The van der Waals surface area contributed by atoms with Crippen molar-refractivity contribution in [1.29, 1.82) is 0 Å². The van der Waals surface area contributed by atoms with Crippen LogP contribution in [0.2, 0.25) is 0 Å². The normalized spacial score (nSPS) is 16.2. The minimum atomic E-state index is -3.55. The number of benzene rings is 1. The van der Waals surface area contributed by atoms with Crippen molar-refractivity contribution in [3.05, 3.63) is 59.1 Å². The Hall–Kier alpha value is -2.38. The third kappa shape index (κ3) is 4.31. The molecule has 0 atom stereocenters. The first kappa shape index (κ1) is 19.4. The van der Waals surface area contributed by atoms with Gasteiger partial charge in [-0.05, 0) is 56.2 Å². The summed E-state index contributed by atoms with van der Waals surface area (Å²) in [6.45, 7) is 6.82. The van der Waals surface area contributed by atoms with Gasteiger partial charge in [0.15, 0.2) is 0 Å². The number of carbonyl (C=O) groups excluding carboxylic acids is 1. The van der Waals surface area contributed by atoms with Crippen LogP contribution in [0.25, 0.3) is 6.08 Å². The zero-order valence-electron chi connectivity index (χ0n) is 15.8. The van der Waals surface area contributed by atoms with Crippen LogP contribution in [0.5, 0.6) is 0 Å². The van der Waals surface area contributed by atoms with Crippen LogP contribution in [0.1, 0.15) is 22.6 Å². The van der Waals surface area contributed by atoms with Gasteiger partial charge in [0.1, 0.15) is 11.5 Å². The van der Waals surface area contributed by atoms with Gasteiger partial charge < -0.3 is 9.32 Å². The summed E-state index contributed by atoms with van der Waals surface area (Å²) < 4.78 is 32.8. The molecule has 0 unspecified atom stereocenters.